The van der Waals surface area contributed by atoms with E-state index in [4.69, 9.17) is 14.2 Å². The Morgan fingerprint density at radius 1 is 1.14 bits per heavy atom. The van der Waals surface area contributed by atoms with E-state index in [1.54, 1.807) is 31.2 Å². The van der Waals surface area contributed by atoms with Crippen LogP contribution in [-0.4, -0.2) is 37.3 Å². The molecule has 0 bridgehead atoms. The Hall–Kier alpha value is -2.86. The number of carbonyl (C=O) groups excluding carboxylic acids is 2. The summed E-state index contributed by atoms with van der Waals surface area (Å²) in [5.41, 5.74) is 1.35. The van der Waals surface area contributed by atoms with Crippen LogP contribution in [0.3, 0.4) is 0 Å². The molecule has 6 heteroatoms. The summed E-state index contributed by atoms with van der Waals surface area (Å²) in [7, 11) is 0. The minimum Gasteiger partial charge on any atom is -0.491 e. The highest BCUT2D eigenvalue weighted by atomic mass is 16.5. The van der Waals surface area contributed by atoms with Gasteiger partial charge >= 0.3 is 5.97 Å². The number of nitrogens with one attached hydrogen (secondary N) is 1. The van der Waals surface area contributed by atoms with Gasteiger partial charge in [-0.3, -0.25) is 4.79 Å². The fourth-order valence-electron chi connectivity index (χ4n) is 2.86. The summed E-state index contributed by atoms with van der Waals surface area (Å²) >= 11 is 0. The lowest BCUT2D eigenvalue weighted by molar-refractivity contribution is -0.129. The minimum atomic E-state index is -0.883. The Balaban J connectivity index is 1.44. The first-order valence-corrected chi connectivity index (χ1v) is 9.49. The second-order valence-electron chi connectivity index (χ2n) is 6.72. The van der Waals surface area contributed by atoms with Crippen LogP contribution in [0.15, 0.2) is 54.6 Å². The molecule has 1 aliphatic rings. The van der Waals surface area contributed by atoms with Crippen LogP contribution in [0.2, 0.25) is 0 Å². The van der Waals surface area contributed by atoms with E-state index in [9.17, 15) is 9.59 Å². The number of amides is 1. The monoisotopic (exact) mass is 383 g/mol. The molecule has 2 aromatic carbocycles. The van der Waals surface area contributed by atoms with E-state index in [0.717, 1.165) is 25.0 Å². The van der Waals surface area contributed by atoms with Crippen molar-refractivity contribution in [2.75, 3.05) is 13.2 Å². The van der Waals surface area contributed by atoms with Crippen LogP contribution in [0.25, 0.3) is 0 Å². The molecule has 3 rings (SSSR count). The van der Waals surface area contributed by atoms with Crippen LogP contribution in [0.4, 0.5) is 0 Å². The lowest BCUT2D eigenvalue weighted by atomic mass is 10.2. The van der Waals surface area contributed by atoms with Crippen molar-refractivity contribution in [3.63, 3.8) is 0 Å². The van der Waals surface area contributed by atoms with Crippen LogP contribution < -0.4 is 10.1 Å². The summed E-state index contributed by atoms with van der Waals surface area (Å²) < 4.78 is 16.4. The fraction of sp³-hybridized carbons (Fsp3) is 0.364. The Morgan fingerprint density at radius 3 is 2.57 bits per heavy atom. The van der Waals surface area contributed by atoms with Crippen LogP contribution in [0, 0.1) is 0 Å². The Labute approximate surface area is 164 Å². The molecule has 1 saturated heterocycles. The zero-order valence-corrected chi connectivity index (χ0v) is 15.9. The van der Waals surface area contributed by atoms with Crippen molar-refractivity contribution in [3.8, 4) is 5.75 Å². The van der Waals surface area contributed by atoms with Crippen LogP contribution >= 0.6 is 0 Å². The molecule has 2 atom stereocenters. The van der Waals surface area contributed by atoms with Crippen molar-refractivity contribution in [2.45, 2.75) is 38.5 Å². The van der Waals surface area contributed by atoms with Gasteiger partial charge in [0.15, 0.2) is 6.10 Å². The van der Waals surface area contributed by atoms with Crippen molar-refractivity contribution in [1.29, 1.82) is 0 Å². The zero-order valence-electron chi connectivity index (χ0n) is 15.9. The first-order chi connectivity index (χ1) is 13.6. The van der Waals surface area contributed by atoms with Gasteiger partial charge in [-0.25, -0.2) is 4.79 Å². The zero-order chi connectivity index (χ0) is 19.8. The Morgan fingerprint density at radius 2 is 1.89 bits per heavy atom. The highest BCUT2D eigenvalue weighted by Crippen LogP contribution is 2.17. The molecule has 0 unspecified atom stereocenters. The predicted molar refractivity (Wildman–Crippen MR) is 104 cm³/mol. The molecule has 6 nitrogen and oxygen atoms in total. The first-order valence-electron chi connectivity index (χ1n) is 9.49. The fourth-order valence-corrected chi connectivity index (χ4v) is 2.86. The van der Waals surface area contributed by atoms with E-state index < -0.39 is 12.1 Å². The van der Waals surface area contributed by atoms with E-state index in [1.807, 2.05) is 30.3 Å². The number of benzene rings is 2. The number of hydrogen-bond acceptors (Lipinski definition) is 5. The highest BCUT2D eigenvalue weighted by Gasteiger charge is 2.19. The van der Waals surface area contributed by atoms with E-state index in [0.29, 0.717) is 24.5 Å². The average Bonchev–Trinajstić information content (AvgIpc) is 3.25. The van der Waals surface area contributed by atoms with Gasteiger partial charge < -0.3 is 19.5 Å². The van der Waals surface area contributed by atoms with Gasteiger partial charge in [-0.1, -0.05) is 30.3 Å². The maximum Gasteiger partial charge on any atom is 0.338 e. The number of ether oxygens (including phenoxy) is 3. The first kappa shape index (κ1) is 19.9. The summed E-state index contributed by atoms with van der Waals surface area (Å²) in [6.45, 7) is 3.23. The summed E-state index contributed by atoms with van der Waals surface area (Å²) in [5.74, 6) is -0.220. The lowest BCUT2D eigenvalue weighted by Gasteiger charge is -2.14. The van der Waals surface area contributed by atoms with Gasteiger partial charge in [-0.2, -0.15) is 0 Å². The van der Waals surface area contributed by atoms with E-state index in [2.05, 4.69) is 5.32 Å². The molecule has 0 radical (unpaired) electrons. The van der Waals surface area contributed by atoms with Gasteiger partial charge in [0, 0.05) is 13.2 Å². The Bertz CT molecular complexity index is 769. The second kappa shape index (κ2) is 9.90. The molecule has 1 N–H and O–H groups in total. The third kappa shape index (κ3) is 5.82. The van der Waals surface area contributed by atoms with E-state index >= 15 is 0 Å². The molecule has 1 aliphatic heterocycles. The van der Waals surface area contributed by atoms with Gasteiger partial charge in [0.05, 0.1) is 11.7 Å². The topological polar surface area (TPSA) is 73.9 Å². The molecule has 148 valence electrons. The SMILES string of the molecule is C[C@H](OC(=O)c1ccc(OC[C@@H]2CCCO2)cc1)C(=O)NCc1ccccc1. The van der Waals surface area contributed by atoms with Crippen molar-refractivity contribution in [2.24, 2.45) is 0 Å². The number of hydrogen-bond donors (Lipinski definition) is 1. The second-order valence-corrected chi connectivity index (χ2v) is 6.72. The van der Waals surface area contributed by atoms with Gasteiger partial charge in [0.2, 0.25) is 0 Å². The maximum absolute atomic E-state index is 12.2. The van der Waals surface area contributed by atoms with Gasteiger partial charge in [0.25, 0.3) is 5.91 Å². The summed E-state index contributed by atoms with van der Waals surface area (Å²) in [4.78, 5) is 24.4. The third-order valence-electron chi connectivity index (χ3n) is 4.51. The number of esters is 1. The molecule has 0 aliphatic carbocycles. The third-order valence-corrected chi connectivity index (χ3v) is 4.51. The molecular formula is C22H25NO5. The van der Waals surface area contributed by atoms with Crippen LogP contribution in [0.5, 0.6) is 5.75 Å². The van der Waals surface area contributed by atoms with Gasteiger partial charge in [-0.15, -0.1) is 0 Å². The molecule has 0 aromatic heterocycles. The molecule has 0 saturated carbocycles. The van der Waals surface area contributed by atoms with Crippen LogP contribution in [-0.2, 0) is 20.8 Å². The van der Waals surface area contributed by atoms with Crippen molar-refractivity contribution >= 4 is 11.9 Å². The highest BCUT2D eigenvalue weighted by molar-refractivity contribution is 5.92. The smallest absolute Gasteiger partial charge is 0.338 e. The molecule has 1 fully saturated rings. The Kier molecular flexibility index (Phi) is 7.03. The molecule has 1 amide bonds. The van der Waals surface area contributed by atoms with Crippen molar-refractivity contribution in [3.05, 3.63) is 65.7 Å². The normalized spacial score (nSPS) is 17.0. The van der Waals surface area contributed by atoms with Crippen molar-refractivity contribution < 1.29 is 23.8 Å². The lowest BCUT2D eigenvalue weighted by Crippen LogP contribution is -2.35. The maximum atomic E-state index is 12.2. The van der Waals surface area contributed by atoms with Gasteiger partial charge in [0.1, 0.15) is 12.4 Å². The number of rotatable bonds is 8. The summed E-state index contributed by atoms with van der Waals surface area (Å²) in [6, 6.07) is 16.2. The van der Waals surface area contributed by atoms with Crippen LogP contribution in [0.1, 0.15) is 35.7 Å². The molecule has 0 spiro atoms. The molecule has 2 aromatic rings. The van der Waals surface area contributed by atoms with Gasteiger partial charge in [-0.05, 0) is 49.6 Å². The van der Waals surface area contributed by atoms with Crippen molar-refractivity contribution in [1.82, 2.24) is 5.32 Å². The molecule has 28 heavy (non-hydrogen) atoms. The average molecular weight is 383 g/mol. The summed E-state index contributed by atoms with van der Waals surface area (Å²) in [6.07, 6.45) is 1.33. The molecular weight excluding hydrogens is 358 g/mol. The largest absolute Gasteiger partial charge is 0.491 e. The summed E-state index contributed by atoms with van der Waals surface area (Å²) in [5, 5.41) is 2.76. The van der Waals surface area contributed by atoms with E-state index in [1.165, 1.54) is 0 Å². The predicted octanol–water partition coefficient (Wildman–Crippen LogP) is 3.11. The molecule has 1 heterocycles. The van der Waals surface area contributed by atoms with E-state index in [-0.39, 0.29) is 12.0 Å². The number of carbonyl (C=O) groups is 2. The minimum absolute atomic E-state index is 0.139. The quantitative estimate of drug-likeness (QED) is 0.709. The standard InChI is InChI=1S/C22H25NO5/c1-16(21(24)23-14-17-6-3-2-4-7-17)28-22(25)18-9-11-19(12-10-18)27-15-20-8-5-13-26-20/h2-4,6-7,9-12,16,20H,5,8,13-15H2,1H3,(H,23,24)/t16-,20-/m0/s1.